The van der Waals surface area contributed by atoms with Crippen LogP contribution in [0.5, 0.6) is 0 Å². The lowest BCUT2D eigenvalue weighted by atomic mass is 9.96. The number of benzene rings is 2. The van der Waals surface area contributed by atoms with Crippen LogP contribution in [0, 0.1) is 0 Å². The maximum absolute atomic E-state index is 12.1. The SMILES string of the molecule is Cl.O=C(NCCCN1CCN(C(c2ccccc2)c2ccc(Cl)cc2)CC1)c1ccncc1. The molecule has 7 heteroatoms. The molecular weight excluding hydrogens is 455 g/mol. The van der Waals surface area contributed by atoms with Gasteiger partial charge in [0.05, 0.1) is 6.04 Å². The molecule has 174 valence electrons. The second kappa shape index (κ2) is 12.7. The number of amides is 1. The van der Waals surface area contributed by atoms with Gasteiger partial charge in [0.15, 0.2) is 0 Å². The number of carbonyl (C=O) groups is 1. The van der Waals surface area contributed by atoms with E-state index in [-0.39, 0.29) is 24.4 Å². The van der Waals surface area contributed by atoms with Gasteiger partial charge in [-0.1, -0.05) is 54.1 Å². The van der Waals surface area contributed by atoms with Gasteiger partial charge in [-0.05, 0) is 48.4 Å². The molecule has 1 aromatic heterocycles. The molecule has 33 heavy (non-hydrogen) atoms. The highest BCUT2D eigenvalue weighted by Crippen LogP contribution is 2.30. The fraction of sp³-hybridized carbons (Fsp3) is 0.308. The van der Waals surface area contributed by atoms with Crippen LogP contribution in [0.3, 0.4) is 0 Å². The quantitative estimate of drug-likeness (QED) is 0.471. The van der Waals surface area contributed by atoms with Crippen LogP contribution in [0.2, 0.25) is 5.02 Å². The molecule has 0 radical (unpaired) electrons. The molecule has 1 saturated heterocycles. The second-order valence-corrected chi connectivity index (χ2v) is 8.52. The van der Waals surface area contributed by atoms with Crippen molar-refractivity contribution in [3.63, 3.8) is 0 Å². The normalized spacial score (nSPS) is 15.4. The Labute approximate surface area is 207 Å². The molecule has 2 heterocycles. The molecule has 4 rings (SSSR count). The molecule has 1 aliphatic rings. The standard InChI is InChI=1S/C26H29ClN4O.ClH/c27-24-9-7-22(8-10-24)25(21-5-2-1-3-6-21)31-19-17-30(18-20-31)16-4-13-29-26(32)23-11-14-28-15-12-23;/h1-3,5-12,14-15,25H,4,13,16-20H2,(H,29,32);1H. The number of carbonyl (C=O) groups excluding carboxylic acids is 1. The highest BCUT2D eigenvalue weighted by atomic mass is 35.5. The number of rotatable bonds is 8. The maximum atomic E-state index is 12.1. The van der Waals surface area contributed by atoms with Crippen LogP contribution in [0.25, 0.3) is 0 Å². The van der Waals surface area contributed by atoms with Crippen molar-refractivity contribution in [3.05, 3.63) is 101 Å². The van der Waals surface area contributed by atoms with E-state index in [0.29, 0.717) is 12.1 Å². The molecule has 2 aromatic carbocycles. The summed E-state index contributed by atoms with van der Waals surface area (Å²) in [7, 11) is 0. The van der Waals surface area contributed by atoms with Crippen LogP contribution >= 0.6 is 24.0 Å². The lowest BCUT2D eigenvalue weighted by Gasteiger charge is -2.40. The van der Waals surface area contributed by atoms with Gasteiger partial charge in [0.25, 0.3) is 5.91 Å². The minimum absolute atomic E-state index is 0. The zero-order valence-electron chi connectivity index (χ0n) is 18.6. The highest BCUT2D eigenvalue weighted by molar-refractivity contribution is 6.30. The summed E-state index contributed by atoms with van der Waals surface area (Å²) in [5.41, 5.74) is 3.23. The summed E-state index contributed by atoms with van der Waals surface area (Å²) in [6, 6.07) is 22.6. The molecule has 5 nitrogen and oxygen atoms in total. The maximum Gasteiger partial charge on any atom is 0.251 e. The molecule has 0 saturated carbocycles. The number of hydrogen-bond acceptors (Lipinski definition) is 4. The van der Waals surface area contributed by atoms with E-state index < -0.39 is 0 Å². The number of halogens is 2. The highest BCUT2D eigenvalue weighted by Gasteiger charge is 2.26. The van der Waals surface area contributed by atoms with Crippen LogP contribution in [0.15, 0.2) is 79.1 Å². The van der Waals surface area contributed by atoms with Crippen molar-refractivity contribution in [2.45, 2.75) is 12.5 Å². The van der Waals surface area contributed by atoms with Gasteiger partial charge >= 0.3 is 0 Å². The van der Waals surface area contributed by atoms with E-state index in [1.165, 1.54) is 11.1 Å². The van der Waals surface area contributed by atoms with Crippen molar-refractivity contribution in [2.24, 2.45) is 0 Å². The van der Waals surface area contributed by atoms with E-state index in [9.17, 15) is 4.79 Å². The molecule has 0 bridgehead atoms. The first-order chi connectivity index (χ1) is 15.7. The summed E-state index contributed by atoms with van der Waals surface area (Å²) in [6.07, 6.45) is 4.22. The molecule has 1 atom stereocenters. The summed E-state index contributed by atoms with van der Waals surface area (Å²) in [6.45, 7) is 5.72. The third kappa shape index (κ3) is 7.02. The van der Waals surface area contributed by atoms with Gasteiger partial charge in [-0.2, -0.15) is 0 Å². The van der Waals surface area contributed by atoms with Gasteiger partial charge in [0, 0.05) is 55.7 Å². The Morgan fingerprint density at radius 3 is 2.21 bits per heavy atom. The zero-order valence-corrected chi connectivity index (χ0v) is 20.1. The van der Waals surface area contributed by atoms with E-state index in [0.717, 1.165) is 44.2 Å². The van der Waals surface area contributed by atoms with E-state index in [1.54, 1.807) is 24.5 Å². The molecule has 1 fully saturated rings. The Bertz CT molecular complexity index is 978. The van der Waals surface area contributed by atoms with E-state index in [4.69, 9.17) is 11.6 Å². The molecule has 1 unspecified atom stereocenters. The zero-order chi connectivity index (χ0) is 22.2. The number of pyridine rings is 1. The van der Waals surface area contributed by atoms with Gasteiger partial charge < -0.3 is 10.2 Å². The second-order valence-electron chi connectivity index (χ2n) is 8.09. The first-order valence-corrected chi connectivity index (χ1v) is 11.5. The van der Waals surface area contributed by atoms with Crippen LogP contribution in [-0.2, 0) is 0 Å². The first-order valence-electron chi connectivity index (χ1n) is 11.2. The third-order valence-corrected chi connectivity index (χ3v) is 6.20. The summed E-state index contributed by atoms with van der Waals surface area (Å²) in [5, 5.41) is 3.76. The predicted molar refractivity (Wildman–Crippen MR) is 136 cm³/mol. The minimum atomic E-state index is -0.0362. The number of nitrogens with zero attached hydrogens (tertiary/aromatic N) is 3. The van der Waals surface area contributed by atoms with Crippen molar-refractivity contribution in [1.29, 1.82) is 0 Å². The molecule has 1 aliphatic heterocycles. The topological polar surface area (TPSA) is 48.5 Å². The Balaban J connectivity index is 0.00000306. The smallest absolute Gasteiger partial charge is 0.251 e. The summed E-state index contributed by atoms with van der Waals surface area (Å²) < 4.78 is 0. The largest absolute Gasteiger partial charge is 0.352 e. The first kappa shape index (κ1) is 25.2. The van der Waals surface area contributed by atoms with Crippen molar-refractivity contribution in [3.8, 4) is 0 Å². The Hall–Kier alpha value is -2.44. The van der Waals surface area contributed by atoms with Crippen molar-refractivity contribution in [2.75, 3.05) is 39.3 Å². The minimum Gasteiger partial charge on any atom is -0.352 e. The monoisotopic (exact) mass is 484 g/mol. The lowest BCUT2D eigenvalue weighted by Crippen LogP contribution is -2.48. The molecule has 1 amide bonds. The van der Waals surface area contributed by atoms with Gasteiger partial charge in [-0.15, -0.1) is 12.4 Å². The van der Waals surface area contributed by atoms with Crippen molar-refractivity contribution < 1.29 is 4.79 Å². The molecular formula is C26H30Cl2N4O. The van der Waals surface area contributed by atoms with Crippen molar-refractivity contribution in [1.82, 2.24) is 20.1 Å². The van der Waals surface area contributed by atoms with Gasteiger partial charge in [0.1, 0.15) is 0 Å². The Kier molecular flexibility index (Phi) is 9.70. The van der Waals surface area contributed by atoms with Crippen LogP contribution in [0.4, 0.5) is 0 Å². The van der Waals surface area contributed by atoms with Gasteiger partial charge in [0.2, 0.25) is 0 Å². The van der Waals surface area contributed by atoms with E-state index >= 15 is 0 Å². The summed E-state index contributed by atoms with van der Waals surface area (Å²) >= 11 is 6.13. The fourth-order valence-corrected chi connectivity index (χ4v) is 4.38. The van der Waals surface area contributed by atoms with Crippen LogP contribution < -0.4 is 5.32 Å². The van der Waals surface area contributed by atoms with E-state index in [2.05, 4.69) is 62.6 Å². The number of nitrogens with one attached hydrogen (secondary N) is 1. The molecule has 3 aromatic rings. The van der Waals surface area contributed by atoms with Crippen molar-refractivity contribution >= 4 is 29.9 Å². The Morgan fingerprint density at radius 1 is 0.909 bits per heavy atom. The molecule has 0 aliphatic carbocycles. The summed E-state index contributed by atoms with van der Waals surface area (Å²) in [5.74, 6) is -0.0362. The van der Waals surface area contributed by atoms with Crippen LogP contribution in [-0.4, -0.2) is 60.0 Å². The molecule has 0 spiro atoms. The average molecular weight is 485 g/mol. The Morgan fingerprint density at radius 2 is 1.55 bits per heavy atom. The fourth-order valence-electron chi connectivity index (χ4n) is 4.25. The predicted octanol–water partition coefficient (Wildman–Crippen LogP) is 4.68. The number of aromatic nitrogens is 1. The number of piperazine rings is 1. The average Bonchev–Trinajstić information content (AvgIpc) is 2.85. The molecule has 1 N–H and O–H groups in total. The lowest BCUT2D eigenvalue weighted by molar-refractivity contribution is 0.0941. The third-order valence-electron chi connectivity index (χ3n) is 5.95. The summed E-state index contributed by atoms with van der Waals surface area (Å²) in [4.78, 5) is 21.1. The van der Waals surface area contributed by atoms with Gasteiger partial charge in [-0.3, -0.25) is 14.7 Å². The number of hydrogen-bond donors (Lipinski definition) is 1. The van der Waals surface area contributed by atoms with E-state index in [1.807, 2.05) is 12.1 Å². The van der Waals surface area contributed by atoms with Crippen LogP contribution in [0.1, 0.15) is 33.9 Å². The van der Waals surface area contributed by atoms with Gasteiger partial charge in [-0.25, -0.2) is 0 Å².